The molecule has 0 amide bonds. The molecular weight excluding hydrogens is 360 g/mol. The van der Waals surface area contributed by atoms with Gasteiger partial charge in [-0.25, -0.2) is 4.98 Å². The van der Waals surface area contributed by atoms with Crippen molar-refractivity contribution in [3.8, 4) is 5.82 Å². The van der Waals surface area contributed by atoms with Crippen LogP contribution in [-0.2, 0) is 5.41 Å². The lowest BCUT2D eigenvalue weighted by molar-refractivity contribution is 0.588. The van der Waals surface area contributed by atoms with E-state index < -0.39 is 0 Å². The van der Waals surface area contributed by atoms with E-state index in [0.29, 0.717) is 0 Å². The Bertz CT molecular complexity index is 1000. The Morgan fingerprint density at radius 3 is 1.92 bits per heavy atom. The summed E-state index contributed by atoms with van der Waals surface area (Å²) in [5, 5.41) is 2.51. The molecule has 0 unspecified atom stereocenters. The van der Waals surface area contributed by atoms with Gasteiger partial charge >= 0.3 is 0 Å². The summed E-state index contributed by atoms with van der Waals surface area (Å²) in [6.45, 7) is 6.68. The van der Waals surface area contributed by atoms with E-state index in [2.05, 4.69) is 102 Å². The number of halogens is 1. The third kappa shape index (κ3) is 2.44. The molecule has 24 heavy (non-hydrogen) atoms. The quantitative estimate of drug-likeness (QED) is 0.358. The summed E-state index contributed by atoms with van der Waals surface area (Å²) in [6.07, 6.45) is 0. The summed E-state index contributed by atoms with van der Waals surface area (Å²) in [4.78, 5) is 4.77. The minimum Gasteiger partial charge on any atom is -0.294 e. The van der Waals surface area contributed by atoms with Crippen LogP contribution in [-0.4, -0.2) is 9.55 Å². The third-order valence-electron chi connectivity index (χ3n) is 4.46. The van der Waals surface area contributed by atoms with Crippen molar-refractivity contribution in [3.05, 3.63) is 70.8 Å². The maximum absolute atomic E-state index is 4.77. The summed E-state index contributed by atoms with van der Waals surface area (Å²) in [6, 6.07) is 21.3. The smallest absolute Gasteiger partial charge is 0.139 e. The highest BCUT2D eigenvalue weighted by molar-refractivity contribution is 9.10. The van der Waals surface area contributed by atoms with Gasteiger partial charge in [0, 0.05) is 10.8 Å². The van der Waals surface area contributed by atoms with Crippen LogP contribution in [0.2, 0.25) is 0 Å². The second kappa shape index (κ2) is 5.45. The van der Waals surface area contributed by atoms with Crippen LogP contribution < -0.4 is 0 Å². The molecule has 0 saturated heterocycles. The number of benzene rings is 2. The van der Waals surface area contributed by atoms with E-state index in [-0.39, 0.29) is 5.41 Å². The number of hydrogen-bond donors (Lipinski definition) is 0. The lowest BCUT2D eigenvalue weighted by Crippen LogP contribution is -2.12. The summed E-state index contributed by atoms with van der Waals surface area (Å²) >= 11 is 3.59. The Balaban J connectivity index is 2.11. The zero-order valence-electron chi connectivity index (χ0n) is 14.0. The predicted molar refractivity (Wildman–Crippen MR) is 105 cm³/mol. The zero-order valence-corrected chi connectivity index (χ0v) is 15.6. The number of pyridine rings is 1. The van der Waals surface area contributed by atoms with Gasteiger partial charge in [-0.2, -0.15) is 0 Å². The van der Waals surface area contributed by atoms with Crippen molar-refractivity contribution < 1.29 is 0 Å². The van der Waals surface area contributed by atoms with Crippen LogP contribution >= 0.6 is 15.9 Å². The molecule has 0 spiro atoms. The molecule has 3 heteroatoms. The van der Waals surface area contributed by atoms with Crippen molar-refractivity contribution >= 4 is 37.7 Å². The van der Waals surface area contributed by atoms with Gasteiger partial charge in [0.2, 0.25) is 0 Å². The monoisotopic (exact) mass is 378 g/mol. The fourth-order valence-corrected chi connectivity index (χ4v) is 3.63. The highest BCUT2D eigenvalue weighted by Gasteiger charge is 2.18. The molecule has 4 rings (SSSR count). The molecule has 0 saturated carbocycles. The average molecular weight is 379 g/mol. The molecule has 0 N–H and O–H groups in total. The summed E-state index contributed by atoms with van der Waals surface area (Å²) in [5.41, 5.74) is 3.70. The summed E-state index contributed by atoms with van der Waals surface area (Å²) in [5.74, 6) is 0.951. The number of hydrogen-bond acceptors (Lipinski definition) is 1. The lowest BCUT2D eigenvalue weighted by atomic mass is 9.88. The molecule has 120 valence electrons. The number of fused-ring (bicyclic) bond motifs is 3. The van der Waals surface area contributed by atoms with Crippen LogP contribution in [0.5, 0.6) is 0 Å². The highest BCUT2D eigenvalue weighted by Crippen LogP contribution is 2.33. The Kier molecular flexibility index (Phi) is 3.50. The first-order valence-electron chi connectivity index (χ1n) is 8.12. The molecule has 0 fully saturated rings. The molecule has 2 nitrogen and oxygen atoms in total. The van der Waals surface area contributed by atoms with Crippen molar-refractivity contribution in [1.82, 2.24) is 9.55 Å². The van der Waals surface area contributed by atoms with E-state index in [1.54, 1.807) is 0 Å². The lowest BCUT2D eigenvalue weighted by Gasteiger charge is -2.20. The third-order valence-corrected chi connectivity index (χ3v) is 4.86. The highest BCUT2D eigenvalue weighted by atomic mass is 79.9. The van der Waals surface area contributed by atoms with Gasteiger partial charge in [-0.1, -0.05) is 57.2 Å². The molecular formula is C21H19BrN2. The SMILES string of the molecule is CC(C)(C)c1cc(Br)nc(-n2c3ccccc3c3ccccc32)c1. The molecule has 4 aromatic rings. The van der Waals surface area contributed by atoms with Gasteiger partial charge in [0.05, 0.1) is 11.0 Å². The number of para-hydroxylation sites is 2. The van der Waals surface area contributed by atoms with Crippen LogP contribution in [0, 0.1) is 0 Å². The summed E-state index contributed by atoms with van der Waals surface area (Å²) in [7, 11) is 0. The first kappa shape index (κ1) is 15.4. The van der Waals surface area contributed by atoms with Crippen molar-refractivity contribution in [2.24, 2.45) is 0 Å². The van der Waals surface area contributed by atoms with E-state index in [4.69, 9.17) is 4.98 Å². The maximum Gasteiger partial charge on any atom is 0.139 e. The molecule has 2 heterocycles. The van der Waals surface area contributed by atoms with Crippen molar-refractivity contribution in [3.63, 3.8) is 0 Å². The van der Waals surface area contributed by atoms with E-state index in [1.807, 2.05) is 0 Å². The minimum absolute atomic E-state index is 0.0684. The van der Waals surface area contributed by atoms with Gasteiger partial charge < -0.3 is 0 Å². The van der Waals surface area contributed by atoms with Crippen LogP contribution in [0.1, 0.15) is 26.3 Å². The normalized spacial score (nSPS) is 12.2. The van der Waals surface area contributed by atoms with Crippen LogP contribution in [0.25, 0.3) is 27.6 Å². The average Bonchev–Trinajstić information content (AvgIpc) is 2.88. The summed E-state index contributed by atoms with van der Waals surface area (Å²) < 4.78 is 3.12. The topological polar surface area (TPSA) is 17.8 Å². The van der Waals surface area contributed by atoms with Gasteiger partial charge in [0.15, 0.2) is 0 Å². The van der Waals surface area contributed by atoms with Crippen LogP contribution in [0.3, 0.4) is 0 Å². The van der Waals surface area contributed by atoms with Gasteiger partial charge in [0.1, 0.15) is 10.4 Å². The van der Waals surface area contributed by atoms with Crippen molar-refractivity contribution in [2.45, 2.75) is 26.2 Å². The van der Waals surface area contributed by atoms with Crippen LogP contribution in [0.4, 0.5) is 0 Å². The molecule has 2 aromatic heterocycles. The van der Waals surface area contributed by atoms with Crippen molar-refractivity contribution in [2.75, 3.05) is 0 Å². The minimum atomic E-state index is 0.0684. The van der Waals surface area contributed by atoms with E-state index in [9.17, 15) is 0 Å². The Morgan fingerprint density at radius 2 is 1.38 bits per heavy atom. The Morgan fingerprint density at radius 1 is 0.833 bits per heavy atom. The van der Waals surface area contributed by atoms with Gasteiger partial charge in [0.25, 0.3) is 0 Å². The molecule has 2 aromatic carbocycles. The predicted octanol–water partition coefficient (Wildman–Crippen LogP) is 6.24. The van der Waals surface area contributed by atoms with E-state index >= 15 is 0 Å². The van der Waals surface area contributed by atoms with Crippen LogP contribution in [0.15, 0.2) is 65.3 Å². The number of nitrogens with zero attached hydrogens (tertiary/aromatic N) is 2. The first-order chi connectivity index (χ1) is 11.4. The zero-order chi connectivity index (χ0) is 16.9. The van der Waals surface area contributed by atoms with Gasteiger partial charge in [-0.15, -0.1) is 0 Å². The second-order valence-electron chi connectivity index (χ2n) is 7.16. The number of rotatable bonds is 1. The maximum atomic E-state index is 4.77. The fourth-order valence-electron chi connectivity index (χ4n) is 3.20. The van der Waals surface area contributed by atoms with Gasteiger partial charge in [-0.3, -0.25) is 4.57 Å². The molecule has 0 radical (unpaired) electrons. The van der Waals surface area contributed by atoms with Gasteiger partial charge in [-0.05, 0) is 51.2 Å². The fraction of sp³-hybridized carbons (Fsp3) is 0.190. The molecule has 0 aliphatic carbocycles. The molecule has 0 atom stereocenters. The molecule has 0 bridgehead atoms. The van der Waals surface area contributed by atoms with E-state index in [0.717, 1.165) is 10.4 Å². The Hall–Kier alpha value is -2.13. The van der Waals surface area contributed by atoms with E-state index in [1.165, 1.54) is 27.4 Å². The second-order valence-corrected chi connectivity index (χ2v) is 7.97. The largest absolute Gasteiger partial charge is 0.294 e. The molecule has 0 aliphatic rings. The van der Waals surface area contributed by atoms with Crippen molar-refractivity contribution in [1.29, 1.82) is 0 Å². The molecule has 0 aliphatic heterocycles. The number of aromatic nitrogens is 2. The first-order valence-corrected chi connectivity index (χ1v) is 8.91. The standard InChI is InChI=1S/C21H19BrN2/c1-21(2,3)14-12-19(22)23-20(13-14)24-17-10-6-4-8-15(17)16-9-5-7-11-18(16)24/h4-13H,1-3H3. The Labute approximate surface area is 150 Å².